The molecule has 0 aliphatic carbocycles. The molecular weight excluding hydrogens is 174 g/mol. The van der Waals surface area contributed by atoms with Crippen molar-refractivity contribution in [1.82, 2.24) is 5.32 Å². The predicted molar refractivity (Wildman–Crippen MR) is 57.1 cm³/mol. The van der Waals surface area contributed by atoms with Crippen molar-refractivity contribution in [3.8, 4) is 0 Å². The van der Waals surface area contributed by atoms with Crippen LogP contribution in [-0.2, 0) is 11.3 Å². The number of hydrogen-bond donors (Lipinski definition) is 1. The van der Waals surface area contributed by atoms with Crippen LogP contribution in [0.1, 0.15) is 18.9 Å². The predicted octanol–water partition coefficient (Wildman–Crippen LogP) is 1.96. The summed E-state index contributed by atoms with van der Waals surface area (Å²) in [4.78, 5) is 0. The Morgan fingerprint density at radius 2 is 2.00 bits per heavy atom. The lowest BCUT2D eigenvalue weighted by atomic mass is 9.94. The second kappa shape index (κ2) is 4.11. The summed E-state index contributed by atoms with van der Waals surface area (Å²) in [6.45, 7) is 4.91. The van der Waals surface area contributed by atoms with E-state index in [0.717, 1.165) is 26.1 Å². The zero-order valence-electron chi connectivity index (χ0n) is 8.62. The Morgan fingerprint density at radius 3 is 2.50 bits per heavy atom. The largest absolute Gasteiger partial charge is 0.368 e. The minimum Gasteiger partial charge on any atom is -0.368 e. The van der Waals surface area contributed by atoms with E-state index in [-0.39, 0.29) is 5.60 Å². The molecule has 0 saturated carbocycles. The molecule has 76 valence electrons. The molecule has 1 aromatic rings. The van der Waals surface area contributed by atoms with Gasteiger partial charge in [0.05, 0.1) is 12.2 Å². The summed E-state index contributed by atoms with van der Waals surface area (Å²) in [6.07, 6.45) is 1.09. The van der Waals surface area contributed by atoms with E-state index in [9.17, 15) is 0 Å². The van der Waals surface area contributed by atoms with E-state index in [0.29, 0.717) is 0 Å². The van der Waals surface area contributed by atoms with Crippen LogP contribution in [0.25, 0.3) is 0 Å². The van der Waals surface area contributed by atoms with Crippen LogP contribution in [-0.4, -0.2) is 18.7 Å². The van der Waals surface area contributed by atoms with Crippen LogP contribution in [0.2, 0.25) is 0 Å². The molecule has 1 N–H and O–H groups in total. The van der Waals surface area contributed by atoms with Gasteiger partial charge >= 0.3 is 0 Å². The van der Waals surface area contributed by atoms with Crippen molar-refractivity contribution in [2.45, 2.75) is 25.6 Å². The maximum atomic E-state index is 5.94. The van der Waals surface area contributed by atoms with Crippen molar-refractivity contribution in [1.29, 1.82) is 0 Å². The van der Waals surface area contributed by atoms with Crippen LogP contribution in [0, 0.1) is 0 Å². The highest BCUT2D eigenvalue weighted by atomic mass is 16.5. The Hall–Kier alpha value is -0.860. The lowest BCUT2D eigenvalue weighted by Gasteiger charge is -2.41. The maximum absolute atomic E-state index is 5.94. The highest BCUT2D eigenvalue weighted by Crippen LogP contribution is 2.22. The standard InChI is InChI=1S/C12H17NO/c1-2-12(9-13-10-12)14-8-11-6-4-3-5-7-11/h3-7,13H,2,8-10H2,1H3. The average Bonchev–Trinajstić information content (AvgIpc) is 2.19. The van der Waals surface area contributed by atoms with Crippen LogP contribution in [0.15, 0.2) is 30.3 Å². The lowest BCUT2D eigenvalue weighted by molar-refractivity contribution is -0.0928. The van der Waals surface area contributed by atoms with Crippen LogP contribution >= 0.6 is 0 Å². The summed E-state index contributed by atoms with van der Waals surface area (Å²) in [5.74, 6) is 0. The maximum Gasteiger partial charge on any atom is 0.0931 e. The van der Waals surface area contributed by atoms with E-state index < -0.39 is 0 Å². The topological polar surface area (TPSA) is 21.3 Å². The molecule has 0 spiro atoms. The van der Waals surface area contributed by atoms with Gasteiger partial charge in [-0.3, -0.25) is 0 Å². The van der Waals surface area contributed by atoms with Crippen molar-refractivity contribution in [2.75, 3.05) is 13.1 Å². The van der Waals surface area contributed by atoms with Crippen molar-refractivity contribution in [2.24, 2.45) is 0 Å². The van der Waals surface area contributed by atoms with E-state index >= 15 is 0 Å². The third-order valence-electron chi connectivity index (χ3n) is 2.93. The summed E-state index contributed by atoms with van der Waals surface area (Å²) < 4.78 is 5.94. The second-order valence-electron chi connectivity index (χ2n) is 3.91. The second-order valence-corrected chi connectivity index (χ2v) is 3.91. The van der Waals surface area contributed by atoms with Gasteiger partial charge in [-0.2, -0.15) is 0 Å². The van der Waals surface area contributed by atoms with Gasteiger partial charge in [-0.1, -0.05) is 37.3 Å². The minimum absolute atomic E-state index is 0.107. The van der Waals surface area contributed by atoms with Crippen molar-refractivity contribution in [3.05, 3.63) is 35.9 Å². The summed E-state index contributed by atoms with van der Waals surface area (Å²) in [7, 11) is 0. The number of benzene rings is 1. The zero-order valence-corrected chi connectivity index (χ0v) is 8.62. The van der Waals surface area contributed by atoms with Crippen molar-refractivity contribution < 1.29 is 4.74 Å². The molecule has 0 radical (unpaired) electrons. The van der Waals surface area contributed by atoms with Gasteiger partial charge in [-0.15, -0.1) is 0 Å². The first kappa shape index (κ1) is 9.69. The van der Waals surface area contributed by atoms with Gasteiger partial charge in [0.2, 0.25) is 0 Å². The average molecular weight is 191 g/mol. The lowest BCUT2D eigenvalue weighted by Crippen LogP contribution is -2.60. The molecule has 14 heavy (non-hydrogen) atoms. The molecule has 0 aromatic heterocycles. The SMILES string of the molecule is CCC1(OCc2ccccc2)CNC1. The van der Waals surface area contributed by atoms with E-state index in [1.54, 1.807) is 0 Å². The van der Waals surface area contributed by atoms with Crippen LogP contribution in [0.5, 0.6) is 0 Å². The van der Waals surface area contributed by atoms with E-state index in [1.165, 1.54) is 5.56 Å². The molecule has 0 amide bonds. The van der Waals surface area contributed by atoms with Crippen LogP contribution in [0.4, 0.5) is 0 Å². The molecule has 2 nitrogen and oxygen atoms in total. The number of hydrogen-bond acceptors (Lipinski definition) is 2. The van der Waals surface area contributed by atoms with Crippen LogP contribution < -0.4 is 5.32 Å². The minimum atomic E-state index is 0.107. The fourth-order valence-corrected chi connectivity index (χ4v) is 1.67. The normalized spacial score (nSPS) is 18.9. The number of rotatable bonds is 4. The quantitative estimate of drug-likeness (QED) is 0.785. The Kier molecular flexibility index (Phi) is 2.85. The molecule has 0 bridgehead atoms. The first-order valence-corrected chi connectivity index (χ1v) is 5.23. The Balaban J connectivity index is 1.88. The van der Waals surface area contributed by atoms with Gasteiger partial charge in [-0.25, -0.2) is 0 Å². The summed E-state index contributed by atoms with van der Waals surface area (Å²) in [6, 6.07) is 10.3. The summed E-state index contributed by atoms with van der Waals surface area (Å²) >= 11 is 0. The van der Waals surface area contributed by atoms with E-state index in [1.807, 2.05) is 6.07 Å². The van der Waals surface area contributed by atoms with Crippen LogP contribution in [0.3, 0.4) is 0 Å². The highest BCUT2D eigenvalue weighted by Gasteiger charge is 2.35. The van der Waals surface area contributed by atoms with Gasteiger partial charge in [0, 0.05) is 13.1 Å². The van der Waals surface area contributed by atoms with Gasteiger partial charge in [0.25, 0.3) is 0 Å². The highest BCUT2D eigenvalue weighted by molar-refractivity contribution is 5.13. The zero-order chi connectivity index (χ0) is 9.86. The van der Waals surface area contributed by atoms with E-state index in [4.69, 9.17) is 4.74 Å². The van der Waals surface area contributed by atoms with Gasteiger partial charge < -0.3 is 10.1 Å². The first-order valence-electron chi connectivity index (χ1n) is 5.23. The number of ether oxygens (including phenoxy) is 1. The van der Waals surface area contributed by atoms with Gasteiger partial charge in [0.1, 0.15) is 0 Å². The molecule has 1 aliphatic rings. The third kappa shape index (κ3) is 1.97. The summed E-state index contributed by atoms with van der Waals surface area (Å²) in [5.41, 5.74) is 1.36. The third-order valence-corrected chi connectivity index (χ3v) is 2.93. The fourth-order valence-electron chi connectivity index (χ4n) is 1.67. The molecule has 1 heterocycles. The molecule has 0 unspecified atom stereocenters. The molecule has 2 rings (SSSR count). The Morgan fingerprint density at radius 1 is 1.29 bits per heavy atom. The molecule has 0 atom stereocenters. The van der Waals surface area contributed by atoms with Crippen molar-refractivity contribution in [3.63, 3.8) is 0 Å². The molecule has 2 heteroatoms. The Labute approximate surface area is 85.3 Å². The molecule has 1 aromatic carbocycles. The number of nitrogens with one attached hydrogen (secondary N) is 1. The fraction of sp³-hybridized carbons (Fsp3) is 0.500. The smallest absolute Gasteiger partial charge is 0.0931 e. The first-order chi connectivity index (χ1) is 6.85. The molecule has 1 saturated heterocycles. The summed E-state index contributed by atoms with van der Waals surface area (Å²) in [5, 5.41) is 3.26. The van der Waals surface area contributed by atoms with Gasteiger partial charge in [-0.05, 0) is 12.0 Å². The monoisotopic (exact) mass is 191 g/mol. The van der Waals surface area contributed by atoms with Crippen molar-refractivity contribution >= 4 is 0 Å². The van der Waals surface area contributed by atoms with Gasteiger partial charge in [0.15, 0.2) is 0 Å². The molecule has 1 fully saturated rings. The molecule has 1 aliphatic heterocycles. The molecular formula is C12H17NO. The Bertz CT molecular complexity index is 274. The van der Waals surface area contributed by atoms with E-state index in [2.05, 4.69) is 36.5 Å².